The van der Waals surface area contributed by atoms with Gasteiger partial charge in [-0.1, -0.05) is 30.3 Å². The molecule has 8 heteroatoms. The van der Waals surface area contributed by atoms with Crippen LogP contribution in [0.25, 0.3) is 0 Å². The number of nitrogens with zero attached hydrogens (tertiary/aromatic N) is 1. The Kier molecular flexibility index (Phi) is 5.40. The maximum atomic E-state index is 12.7. The number of carboxylic acid groups (broad SMARTS) is 1. The number of carboxylic acids is 1. The first-order valence-electron chi connectivity index (χ1n) is 7.07. The molecule has 0 aliphatic carbocycles. The number of rotatable bonds is 6. The van der Waals surface area contributed by atoms with Gasteiger partial charge in [-0.15, -0.1) is 11.3 Å². The Morgan fingerprint density at radius 1 is 1.17 bits per heavy atom. The van der Waals surface area contributed by atoms with Crippen LogP contribution in [0.5, 0.6) is 0 Å². The van der Waals surface area contributed by atoms with Crippen LogP contribution in [0.3, 0.4) is 0 Å². The van der Waals surface area contributed by atoms with Crippen molar-refractivity contribution >= 4 is 33.1 Å². The minimum atomic E-state index is -3.41. The number of sulfone groups is 1. The normalized spacial score (nSPS) is 12.6. The fourth-order valence-electron chi connectivity index (χ4n) is 2.07. The van der Waals surface area contributed by atoms with Gasteiger partial charge in [-0.05, 0) is 24.6 Å². The van der Waals surface area contributed by atoms with E-state index in [2.05, 4.69) is 0 Å². The molecule has 1 heterocycles. The van der Waals surface area contributed by atoms with Crippen molar-refractivity contribution in [2.75, 3.05) is 6.26 Å². The second-order valence-electron chi connectivity index (χ2n) is 5.32. The highest BCUT2D eigenvalue weighted by Crippen LogP contribution is 2.24. The van der Waals surface area contributed by atoms with E-state index in [0.717, 1.165) is 23.2 Å². The molecule has 0 spiro atoms. The van der Waals surface area contributed by atoms with Crippen LogP contribution in [0.15, 0.2) is 46.7 Å². The van der Waals surface area contributed by atoms with E-state index in [0.29, 0.717) is 0 Å². The number of carbonyl (C=O) groups is 2. The zero-order valence-electron chi connectivity index (χ0n) is 13.2. The average molecular weight is 367 g/mol. The van der Waals surface area contributed by atoms with Gasteiger partial charge in [-0.25, -0.2) is 13.2 Å². The maximum Gasteiger partial charge on any atom is 0.326 e. The summed E-state index contributed by atoms with van der Waals surface area (Å²) in [6.45, 7) is 1.55. The molecule has 1 N–H and O–H groups in total. The second kappa shape index (κ2) is 7.14. The molecule has 0 aliphatic heterocycles. The first-order valence-corrected chi connectivity index (χ1v) is 9.78. The third-order valence-electron chi connectivity index (χ3n) is 3.44. The number of carbonyl (C=O) groups excluding carboxylic acids is 1. The van der Waals surface area contributed by atoms with Gasteiger partial charge >= 0.3 is 5.97 Å². The van der Waals surface area contributed by atoms with Gasteiger partial charge in [0.05, 0.1) is 4.88 Å². The van der Waals surface area contributed by atoms with Crippen LogP contribution in [-0.2, 0) is 21.2 Å². The van der Waals surface area contributed by atoms with Crippen molar-refractivity contribution in [1.29, 1.82) is 0 Å². The minimum Gasteiger partial charge on any atom is -0.480 e. The molecule has 0 bridgehead atoms. The summed E-state index contributed by atoms with van der Waals surface area (Å²) in [6.07, 6.45) is 1.06. The van der Waals surface area contributed by atoms with Gasteiger partial charge in [0.2, 0.25) is 0 Å². The van der Waals surface area contributed by atoms with Crippen molar-refractivity contribution in [3.05, 3.63) is 52.9 Å². The molecule has 1 atom stereocenters. The predicted octanol–water partition coefficient (Wildman–Crippen LogP) is 2.27. The molecule has 128 valence electrons. The number of hydrogen-bond donors (Lipinski definition) is 1. The SMILES string of the molecule is CC(C(=O)O)N(Cc1ccccc1)C(=O)c1ccc(S(C)(=O)=O)s1. The largest absolute Gasteiger partial charge is 0.480 e. The van der Waals surface area contributed by atoms with Gasteiger partial charge in [-0.3, -0.25) is 4.79 Å². The molecular formula is C16H17NO5S2. The van der Waals surface area contributed by atoms with E-state index in [1.165, 1.54) is 24.0 Å². The lowest BCUT2D eigenvalue weighted by atomic mass is 10.1. The van der Waals surface area contributed by atoms with Crippen LogP contribution < -0.4 is 0 Å². The number of aliphatic carboxylic acids is 1. The number of amides is 1. The van der Waals surface area contributed by atoms with Gasteiger partial charge in [0.15, 0.2) is 9.84 Å². The third-order valence-corrected chi connectivity index (χ3v) is 6.33. The van der Waals surface area contributed by atoms with Crippen molar-refractivity contribution in [1.82, 2.24) is 4.90 Å². The van der Waals surface area contributed by atoms with E-state index in [-0.39, 0.29) is 15.6 Å². The summed E-state index contributed by atoms with van der Waals surface area (Å²) in [5.74, 6) is -1.63. The second-order valence-corrected chi connectivity index (χ2v) is 8.65. The Balaban J connectivity index is 2.34. The summed E-state index contributed by atoms with van der Waals surface area (Å²) < 4.78 is 23.2. The summed E-state index contributed by atoms with van der Waals surface area (Å²) >= 11 is 0.844. The van der Waals surface area contributed by atoms with Gasteiger partial charge in [-0.2, -0.15) is 0 Å². The molecule has 6 nitrogen and oxygen atoms in total. The molecule has 1 aromatic carbocycles. The van der Waals surface area contributed by atoms with Gasteiger partial charge in [0.1, 0.15) is 10.3 Å². The number of hydrogen-bond acceptors (Lipinski definition) is 5. The molecular weight excluding hydrogens is 350 g/mol. The van der Waals surface area contributed by atoms with Crippen LogP contribution >= 0.6 is 11.3 Å². The molecule has 0 radical (unpaired) electrons. The van der Waals surface area contributed by atoms with E-state index in [1.54, 1.807) is 24.3 Å². The Hall–Kier alpha value is -2.19. The molecule has 0 fully saturated rings. The monoisotopic (exact) mass is 367 g/mol. The van der Waals surface area contributed by atoms with Gasteiger partial charge < -0.3 is 10.0 Å². The summed E-state index contributed by atoms with van der Waals surface area (Å²) in [4.78, 5) is 25.5. The molecule has 1 aromatic heterocycles. The highest BCUT2D eigenvalue weighted by atomic mass is 32.2. The molecule has 1 unspecified atom stereocenters. The van der Waals surface area contributed by atoms with Crippen molar-refractivity contribution in [3.8, 4) is 0 Å². The molecule has 0 saturated heterocycles. The molecule has 1 amide bonds. The van der Waals surface area contributed by atoms with Crippen LogP contribution in [0.4, 0.5) is 0 Å². The Morgan fingerprint density at radius 3 is 2.29 bits per heavy atom. The lowest BCUT2D eigenvalue weighted by Gasteiger charge is -2.26. The molecule has 2 aromatic rings. The third kappa shape index (κ3) is 4.21. The number of benzene rings is 1. The fourth-order valence-corrected chi connectivity index (χ4v) is 3.96. The first kappa shape index (κ1) is 18.2. The van der Waals surface area contributed by atoms with E-state index in [1.807, 2.05) is 6.07 Å². The molecule has 2 rings (SSSR count). The van der Waals surface area contributed by atoms with Crippen molar-refractivity contribution in [3.63, 3.8) is 0 Å². The van der Waals surface area contributed by atoms with Crippen molar-refractivity contribution < 1.29 is 23.1 Å². The summed E-state index contributed by atoms with van der Waals surface area (Å²) in [5.41, 5.74) is 0.791. The van der Waals surface area contributed by atoms with Crippen LogP contribution in [0.1, 0.15) is 22.2 Å². The predicted molar refractivity (Wildman–Crippen MR) is 90.8 cm³/mol. The topological polar surface area (TPSA) is 91.8 Å². The van der Waals surface area contributed by atoms with Crippen LogP contribution in [0.2, 0.25) is 0 Å². The molecule has 0 saturated carbocycles. The Labute approximate surface area is 144 Å². The Bertz CT molecular complexity index is 842. The van der Waals surface area contributed by atoms with E-state index < -0.39 is 27.8 Å². The van der Waals surface area contributed by atoms with Gasteiger partial charge in [0, 0.05) is 12.8 Å². The number of thiophene rings is 1. The van der Waals surface area contributed by atoms with Crippen LogP contribution in [-0.4, -0.2) is 42.6 Å². The standard InChI is InChI=1S/C16H17NO5S2/c1-11(16(19)20)17(10-12-6-4-3-5-7-12)15(18)13-8-9-14(23-13)24(2,21)22/h3-9,11H,10H2,1-2H3,(H,19,20). The minimum absolute atomic E-state index is 0.0773. The molecule has 24 heavy (non-hydrogen) atoms. The first-order chi connectivity index (χ1) is 11.2. The van der Waals surface area contributed by atoms with E-state index in [4.69, 9.17) is 0 Å². The van der Waals surface area contributed by atoms with E-state index >= 15 is 0 Å². The van der Waals surface area contributed by atoms with Gasteiger partial charge in [0.25, 0.3) is 5.91 Å². The zero-order chi connectivity index (χ0) is 17.9. The maximum absolute atomic E-state index is 12.7. The van der Waals surface area contributed by atoms with E-state index in [9.17, 15) is 23.1 Å². The van der Waals surface area contributed by atoms with Crippen molar-refractivity contribution in [2.24, 2.45) is 0 Å². The molecule has 0 aliphatic rings. The highest BCUT2D eigenvalue weighted by Gasteiger charge is 2.28. The highest BCUT2D eigenvalue weighted by molar-refractivity contribution is 7.92. The fraction of sp³-hybridized carbons (Fsp3) is 0.250. The zero-order valence-corrected chi connectivity index (χ0v) is 14.8. The average Bonchev–Trinajstić information content (AvgIpc) is 3.02. The quantitative estimate of drug-likeness (QED) is 0.845. The smallest absolute Gasteiger partial charge is 0.326 e. The lowest BCUT2D eigenvalue weighted by Crippen LogP contribution is -2.42. The van der Waals surface area contributed by atoms with Crippen LogP contribution in [0, 0.1) is 0 Å². The summed E-state index contributed by atoms with van der Waals surface area (Å²) in [6, 6.07) is 10.8. The summed E-state index contributed by atoms with van der Waals surface area (Å²) in [5, 5.41) is 9.27. The summed E-state index contributed by atoms with van der Waals surface area (Å²) in [7, 11) is -3.41. The van der Waals surface area contributed by atoms with Crippen molar-refractivity contribution in [2.45, 2.75) is 23.7 Å². The Morgan fingerprint density at radius 2 is 1.79 bits per heavy atom. The lowest BCUT2D eigenvalue weighted by molar-refractivity contribution is -0.141.